The third-order valence-corrected chi connectivity index (χ3v) is 4.66. The quantitative estimate of drug-likeness (QED) is 0.724. The number of hydrogen-bond donors (Lipinski definition) is 1. The number of halogens is 1. The molecule has 21 heavy (non-hydrogen) atoms. The van der Waals surface area contributed by atoms with E-state index in [2.05, 4.69) is 15.3 Å². The van der Waals surface area contributed by atoms with Crippen molar-refractivity contribution in [3.8, 4) is 0 Å². The number of nitrogens with one attached hydrogen (secondary N) is 1. The lowest BCUT2D eigenvalue weighted by Gasteiger charge is -2.04. The molecule has 0 aliphatic heterocycles. The van der Waals surface area contributed by atoms with Crippen LogP contribution in [0, 0.1) is 0 Å². The van der Waals surface area contributed by atoms with Crippen molar-refractivity contribution in [2.24, 2.45) is 0 Å². The lowest BCUT2D eigenvalue weighted by atomic mass is 10.3. The minimum absolute atomic E-state index is 0.211. The first-order chi connectivity index (χ1) is 10.2. The second kappa shape index (κ2) is 6.01. The SMILES string of the molecule is CSc1ncccc1C(=O)Nc1nc2ccc(Cl)cc2s1. The number of carbonyl (C=O) groups is 1. The van der Waals surface area contributed by atoms with E-state index < -0.39 is 0 Å². The molecule has 0 saturated carbocycles. The highest BCUT2D eigenvalue weighted by Crippen LogP contribution is 2.29. The maximum Gasteiger partial charge on any atom is 0.260 e. The fourth-order valence-corrected chi connectivity index (χ4v) is 3.53. The number of thioether (sulfide) groups is 1. The van der Waals surface area contributed by atoms with Gasteiger partial charge in [0.2, 0.25) is 0 Å². The number of rotatable bonds is 3. The van der Waals surface area contributed by atoms with Crippen molar-refractivity contribution in [1.29, 1.82) is 0 Å². The van der Waals surface area contributed by atoms with E-state index in [9.17, 15) is 4.79 Å². The van der Waals surface area contributed by atoms with E-state index in [0.717, 1.165) is 10.2 Å². The van der Waals surface area contributed by atoms with E-state index in [0.29, 0.717) is 20.7 Å². The van der Waals surface area contributed by atoms with Gasteiger partial charge in [0, 0.05) is 11.2 Å². The zero-order valence-corrected chi connectivity index (χ0v) is 13.4. The Kier molecular flexibility index (Phi) is 4.10. The van der Waals surface area contributed by atoms with E-state index in [1.54, 1.807) is 24.4 Å². The van der Waals surface area contributed by atoms with Crippen molar-refractivity contribution in [1.82, 2.24) is 9.97 Å². The van der Waals surface area contributed by atoms with Crippen LogP contribution in [0.1, 0.15) is 10.4 Å². The van der Waals surface area contributed by atoms with Gasteiger partial charge in [-0.2, -0.15) is 0 Å². The molecule has 1 N–H and O–H groups in total. The van der Waals surface area contributed by atoms with Crippen molar-refractivity contribution in [2.75, 3.05) is 11.6 Å². The molecule has 0 atom stereocenters. The first-order valence-corrected chi connectivity index (χ1v) is 8.46. The molecular weight excluding hydrogens is 326 g/mol. The van der Waals surface area contributed by atoms with Crippen molar-refractivity contribution in [3.05, 3.63) is 47.1 Å². The van der Waals surface area contributed by atoms with Crippen LogP contribution >= 0.6 is 34.7 Å². The summed E-state index contributed by atoms with van der Waals surface area (Å²) >= 11 is 8.78. The number of fused-ring (bicyclic) bond motifs is 1. The monoisotopic (exact) mass is 335 g/mol. The smallest absolute Gasteiger partial charge is 0.260 e. The number of benzene rings is 1. The average Bonchev–Trinajstić information content (AvgIpc) is 2.88. The van der Waals surface area contributed by atoms with Gasteiger partial charge in [0.15, 0.2) is 5.13 Å². The molecule has 0 saturated heterocycles. The van der Waals surface area contributed by atoms with Crippen LogP contribution in [0.2, 0.25) is 5.02 Å². The fraction of sp³-hybridized carbons (Fsp3) is 0.0714. The fourth-order valence-electron chi connectivity index (χ4n) is 1.84. The molecule has 0 bridgehead atoms. The van der Waals surface area contributed by atoms with Crippen LogP contribution in [-0.4, -0.2) is 22.1 Å². The van der Waals surface area contributed by atoms with Gasteiger partial charge in [0.1, 0.15) is 5.03 Å². The van der Waals surface area contributed by atoms with Gasteiger partial charge in [-0.15, -0.1) is 11.8 Å². The molecule has 7 heteroatoms. The van der Waals surface area contributed by atoms with E-state index in [4.69, 9.17) is 11.6 Å². The first-order valence-electron chi connectivity index (χ1n) is 6.04. The minimum Gasteiger partial charge on any atom is -0.298 e. The molecule has 0 aliphatic rings. The summed E-state index contributed by atoms with van der Waals surface area (Å²) in [6.07, 6.45) is 3.56. The Morgan fingerprint density at radius 3 is 3.05 bits per heavy atom. The Morgan fingerprint density at radius 2 is 2.24 bits per heavy atom. The zero-order chi connectivity index (χ0) is 14.8. The molecule has 2 heterocycles. The van der Waals surface area contributed by atoms with Crippen LogP contribution in [0.4, 0.5) is 5.13 Å². The number of thiazole rings is 1. The summed E-state index contributed by atoms with van der Waals surface area (Å²) in [7, 11) is 0. The number of pyridine rings is 1. The molecule has 0 aliphatic carbocycles. The molecule has 0 fully saturated rings. The van der Waals surface area contributed by atoms with Crippen LogP contribution in [0.25, 0.3) is 10.2 Å². The molecule has 2 aromatic heterocycles. The molecule has 0 radical (unpaired) electrons. The van der Waals surface area contributed by atoms with Crippen LogP contribution in [0.5, 0.6) is 0 Å². The van der Waals surface area contributed by atoms with E-state index in [-0.39, 0.29) is 5.91 Å². The maximum absolute atomic E-state index is 12.3. The van der Waals surface area contributed by atoms with Crippen molar-refractivity contribution >= 4 is 56.0 Å². The third kappa shape index (κ3) is 3.02. The highest BCUT2D eigenvalue weighted by atomic mass is 35.5. The Balaban J connectivity index is 1.89. The number of aromatic nitrogens is 2. The number of hydrogen-bond acceptors (Lipinski definition) is 5. The molecule has 1 aromatic carbocycles. The van der Waals surface area contributed by atoms with Crippen LogP contribution in [-0.2, 0) is 0 Å². The largest absolute Gasteiger partial charge is 0.298 e. The van der Waals surface area contributed by atoms with Gasteiger partial charge in [-0.25, -0.2) is 9.97 Å². The molecular formula is C14H10ClN3OS2. The van der Waals surface area contributed by atoms with Gasteiger partial charge >= 0.3 is 0 Å². The summed E-state index contributed by atoms with van der Waals surface area (Å²) in [5.74, 6) is -0.211. The number of nitrogens with zero attached hydrogens (tertiary/aromatic N) is 2. The third-order valence-electron chi connectivity index (χ3n) is 2.78. The molecule has 0 unspecified atom stereocenters. The normalized spacial score (nSPS) is 10.8. The Bertz CT molecular complexity index is 819. The molecule has 4 nitrogen and oxygen atoms in total. The first kappa shape index (κ1) is 14.3. The summed E-state index contributed by atoms with van der Waals surface area (Å²) in [5.41, 5.74) is 1.36. The van der Waals surface area contributed by atoms with Gasteiger partial charge in [0.25, 0.3) is 5.91 Å². The second-order valence-electron chi connectivity index (χ2n) is 4.15. The Morgan fingerprint density at radius 1 is 1.38 bits per heavy atom. The van der Waals surface area contributed by atoms with E-state index in [1.807, 2.05) is 18.4 Å². The van der Waals surface area contributed by atoms with Crippen LogP contribution in [0.3, 0.4) is 0 Å². The van der Waals surface area contributed by atoms with E-state index in [1.165, 1.54) is 23.1 Å². The van der Waals surface area contributed by atoms with E-state index >= 15 is 0 Å². The molecule has 3 rings (SSSR count). The molecule has 0 spiro atoms. The summed E-state index contributed by atoms with van der Waals surface area (Å²) in [6, 6.07) is 8.94. The lowest BCUT2D eigenvalue weighted by molar-refractivity contribution is 0.102. The predicted octanol–water partition coefficient (Wildman–Crippen LogP) is 4.32. The molecule has 3 aromatic rings. The summed E-state index contributed by atoms with van der Waals surface area (Å²) < 4.78 is 0.939. The Labute approximate surface area is 134 Å². The van der Waals surface area contributed by atoms with Crippen molar-refractivity contribution < 1.29 is 4.79 Å². The van der Waals surface area contributed by atoms with Gasteiger partial charge in [-0.1, -0.05) is 22.9 Å². The zero-order valence-electron chi connectivity index (χ0n) is 11.0. The molecule has 1 amide bonds. The Hall–Kier alpha value is -1.63. The van der Waals surface area contributed by atoms with Gasteiger partial charge in [0.05, 0.1) is 15.8 Å². The average molecular weight is 336 g/mol. The summed E-state index contributed by atoms with van der Waals surface area (Å²) in [6.45, 7) is 0. The van der Waals surface area contributed by atoms with Crippen LogP contribution < -0.4 is 5.32 Å². The highest BCUT2D eigenvalue weighted by molar-refractivity contribution is 7.98. The second-order valence-corrected chi connectivity index (χ2v) is 6.41. The lowest BCUT2D eigenvalue weighted by Crippen LogP contribution is -2.13. The molecule has 106 valence electrons. The highest BCUT2D eigenvalue weighted by Gasteiger charge is 2.14. The number of anilines is 1. The van der Waals surface area contributed by atoms with Gasteiger partial charge in [-0.3, -0.25) is 10.1 Å². The standard InChI is InChI=1S/C14H10ClN3OS2/c1-20-13-9(3-2-6-16-13)12(19)18-14-17-10-5-4-8(15)7-11(10)21-14/h2-7H,1H3,(H,17,18,19). The summed E-state index contributed by atoms with van der Waals surface area (Å²) in [5, 5.41) is 4.71. The minimum atomic E-state index is -0.211. The number of carbonyl (C=O) groups excluding carboxylic acids is 1. The topological polar surface area (TPSA) is 54.9 Å². The van der Waals surface area contributed by atoms with Gasteiger partial charge in [-0.05, 0) is 36.6 Å². The van der Waals surface area contributed by atoms with Crippen molar-refractivity contribution in [3.63, 3.8) is 0 Å². The number of amides is 1. The van der Waals surface area contributed by atoms with Gasteiger partial charge < -0.3 is 0 Å². The predicted molar refractivity (Wildman–Crippen MR) is 88.6 cm³/mol. The van der Waals surface area contributed by atoms with Crippen molar-refractivity contribution in [2.45, 2.75) is 5.03 Å². The van der Waals surface area contributed by atoms with Crippen LogP contribution in [0.15, 0.2) is 41.6 Å². The maximum atomic E-state index is 12.3. The summed E-state index contributed by atoms with van der Waals surface area (Å²) in [4.78, 5) is 20.9.